The van der Waals surface area contributed by atoms with Gasteiger partial charge in [-0.05, 0) is 55.4 Å². The molecule has 2 nitrogen and oxygen atoms in total. The number of halogens is 2. The zero-order valence-electron chi connectivity index (χ0n) is 10.7. The zero-order valence-corrected chi connectivity index (χ0v) is 12.3. The first-order valence-electron chi connectivity index (χ1n) is 6.36. The smallest absolute Gasteiger partial charge is 0.122 e. The van der Waals surface area contributed by atoms with Gasteiger partial charge in [0.05, 0.1) is 6.61 Å². The molecule has 18 heavy (non-hydrogen) atoms. The van der Waals surface area contributed by atoms with Gasteiger partial charge in [-0.25, -0.2) is 0 Å². The minimum Gasteiger partial charge on any atom is -0.493 e. The van der Waals surface area contributed by atoms with Crippen molar-refractivity contribution >= 4 is 24.0 Å². The number of nitrogens with two attached hydrogens (primary N) is 1. The van der Waals surface area contributed by atoms with Crippen LogP contribution < -0.4 is 10.5 Å². The second kappa shape index (κ2) is 7.22. The van der Waals surface area contributed by atoms with Gasteiger partial charge in [-0.2, -0.15) is 0 Å². The van der Waals surface area contributed by atoms with Gasteiger partial charge in [0.15, 0.2) is 0 Å². The summed E-state index contributed by atoms with van der Waals surface area (Å²) in [5.74, 6) is 1.71. The molecule has 1 aliphatic rings. The van der Waals surface area contributed by atoms with Crippen molar-refractivity contribution in [3.8, 4) is 5.75 Å². The minimum absolute atomic E-state index is 0. The number of ether oxygens (including phenoxy) is 1. The number of rotatable bonds is 6. The van der Waals surface area contributed by atoms with Crippen LogP contribution in [0, 0.1) is 5.92 Å². The van der Waals surface area contributed by atoms with E-state index in [4.69, 9.17) is 22.1 Å². The van der Waals surface area contributed by atoms with Crippen LogP contribution in [-0.4, -0.2) is 12.6 Å². The number of hydrogen-bond donors (Lipinski definition) is 1. The molecule has 1 aromatic rings. The first-order valence-corrected chi connectivity index (χ1v) is 6.73. The number of hydrogen-bond acceptors (Lipinski definition) is 2. The summed E-state index contributed by atoms with van der Waals surface area (Å²) >= 11 is 6.02. The monoisotopic (exact) mass is 289 g/mol. The van der Waals surface area contributed by atoms with E-state index >= 15 is 0 Å². The number of benzene rings is 1. The van der Waals surface area contributed by atoms with Gasteiger partial charge in [0.1, 0.15) is 5.75 Å². The lowest BCUT2D eigenvalue weighted by atomic mass is 10.0. The molecular formula is C14H21Cl2NO. The fraction of sp³-hybridized carbons (Fsp3) is 0.571. The first kappa shape index (κ1) is 15.6. The van der Waals surface area contributed by atoms with E-state index in [1.165, 1.54) is 12.8 Å². The van der Waals surface area contributed by atoms with Crippen LogP contribution in [-0.2, 0) is 6.42 Å². The molecule has 0 aromatic heterocycles. The van der Waals surface area contributed by atoms with Crippen LogP contribution in [0.2, 0.25) is 5.02 Å². The highest BCUT2D eigenvalue weighted by Gasteiger charge is 2.22. The summed E-state index contributed by atoms with van der Waals surface area (Å²) in [4.78, 5) is 0. The Morgan fingerprint density at radius 3 is 2.78 bits per heavy atom. The maximum absolute atomic E-state index is 6.02. The summed E-state index contributed by atoms with van der Waals surface area (Å²) in [6.45, 7) is 2.93. The lowest BCUT2D eigenvalue weighted by Gasteiger charge is -2.14. The van der Waals surface area contributed by atoms with Gasteiger partial charge in [-0.15, -0.1) is 12.4 Å². The molecule has 2 rings (SSSR count). The van der Waals surface area contributed by atoms with Gasteiger partial charge in [0.2, 0.25) is 0 Å². The van der Waals surface area contributed by atoms with E-state index in [0.717, 1.165) is 41.7 Å². The Hall–Kier alpha value is -0.440. The molecule has 0 spiro atoms. The molecule has 4 heteroatoms. The summed E-state index contributed by atoms with van der Waals surface area (Å²) in [7, 11) is 0. The van der Waals surface area contributed by atoms with E-state index in [1.807, 2.05) is 18.2 Å². The van der Waals surface area contributed by atoms with Gasteiger partial charge in [0.25, 0.3) is 0 Å². The average Bonchev–Trinajstić information content (AvgIpc) is 3.12. The molecule has 2 N–H and O–H groups in total. The Kier molecular flexibility index (Phi) is 6.27. The van der Waals surface area contributed by atoms with Gasteiger partial charge < -0.3 is 10.5 Å². The standard InChI is InChI=1S/C14H20ClNO.ClH/c1-2-13(16)8-11-7-12(15)5-6-14(11)17-9-10-3-4-10;/h5-7,10,13H,2-4,8-9,16H2,1H3;1H. The van der Waals surface area contributed by atoms with E-state index in [1.54, 1.807) is 0 Å². The van der Waals surface area contributed by atoms with Crippen LogP contribution in [0.3, 0.4) is 0 Å². The van der Waals surface area contributed by atoms with E-state index in [-0.39, 0.29) is 18.4 Å². The van der Waals surface area contributed by atoms with Crippen molar-refractivity contribution in [1.29, 1.82) is 0 Å². The highest BCUT2D eigenvalue weighted by molar-refractivity contribution is 6.30. The molecule has 0 heterocycles. The van der Waals surface area contributed by atoms with Crippen molar-refractivity contribution in [3.63, 3.8) is 0 Å². The predicted octanol–water partition coefficient (Wildman–Crippen LogP) is 3.83. The Morgan fingerprint density at radius 1 is 1.44 bits per heavy atom. The third-order valence-corrected chi connectivity index (χ3v) is 3.44. The minimum atomic E-state index is 0. The highest BCUT2D eigenvalue weighted by atomic mass is 35.5. The molecule has 1 aliphatic carbocycles. The highest BCUT2D eigenvalue weighted by Crippen LogP contribution is 2.31. The molecule has 1 unspecified atom stereocenters. The lowest BCUT2D eigenvalue weighted by Crippen LogP contribution is -2.21. The van der Waals surface area contributed by atoms with Crippen LogP contribution in [0.5, 0.6) is 5.75 Å². The Balaban J connectivity index is 0.00000162. The predicted molar refractivity (Wildman–Crippen MR) is 78.9 cm³/mol. The summed E-state index contributed by atoms with van der Waals surface area (Å²) in [5.41, 5.74) is 7.13. The molecular weight excluding hydrogens is 269 g/mol. The third-order valence-electron chi connectivity index (χ3n) is 3.20. The Morgan fingerprint density at radius 2 is 2.17 bits per heavy atom. The largest absolute Gasteiger partial charge is 0.493 e. The van der Waals surface area contributed by atoms with Crippen molar-refractivity contribution in [3.05, 3.63) is 28.8 Å². The summed E-state index contributed by atoms with van der Waals surface area (Å²) in [6.07, 6.45) is 4.40. The molecule has 0 amide bonds. The third kappa shape index (κ3) is 4.68. The second-order valence-electron chi connectivity index (χ2n) is 4.88. The molecule has 1 aromatic carbocycles. The van der Waals surface area contributed by atoms with Crippen molar-refractivity contribution in [2.75, 3.05) is 6.61 Å². The van der Waals surface area contributed by atoms with Gasteiger partial charge in [0, 0.05) is 11.1 Å². The SMILES string of the molecule is CCC(N)Cc1cc(Cl)ccc1OCC1CC1.Cl. The van der Waals surface area contributed by atoms with Crippen LogP contribution >= 0.6 is 24.0 Å². The van der Waals surface area contributed by atoms with Crippen molar-refractivity contribution in [1.82, 2.24) is 0 Å². The molecule has 1 saturated carbocycles. The Bertz CT molecular complexity index is 380. The van der Waals surface area contributed by atoms with Crippen LogP contribution in [0.1, 0.15) is 31.7 Å². The molecule has 102 valence electrons. The van der Waals surface area contributed by atoms with Crippen molar-refractivity contribution in [2.45, 2.75) is 38.6 Å². The van der Waals surface area contributed by atoms with Crippen LogP contribution in [0.15, 0.2) is 18.2 Å². The molecule has 1 fully saturated rings. The maximum atomic E-state index is 6.02. The molecule has 0 aliphatic heterocycles. The summed E-state index contributed by atoms with van der Waals surface area (Å²) < 4.78 is 5.85. The molecule has 0 radical (unpaired) electrons. The molecule has 0 saturated heterocycles. The lowest BCUT2D eigenvalue weighted by molar-refractivity contribution is 0.296. The van der Waals surface area contributed by atoms with E-state index in [2.05, 4.69) is 6.92 Å². The second-order valence-corrected chi connectivity index (χ2v) is 5.32. The topological polar surface area (TPSA) is 35.2 Å². The van der Waals surface area contributed by atoms with Crippen LogP contribution in [0.25, 0.3) is 0 Å². The normalized spacial score (nSPS) is 15.9. The Labute approximate surface area is 120 Å². The van der Waals surface area contributed by atoms with E-state index in [9.17, 15) is 0 Å². The molecule has 1 atom stereocenters. The quantitative estimate of drug-likeness (QED) is 0.864. The van der Waals surface area contributed by atoms with Gasteiger partial charge in [-0.3, -0.25) is 0 Å². The first-order chi connectivity index (χ1) is 8.19. The molecule has 0 bridgehead atoms. The van der Waals surface area contributed by atoms with E-state index < -0.39 is 0 Å². The van der Waals surface area contributed by atoms with Crippen LogP contribution in [0.4, 0.5) is 0 Å². The maximum Gasteiger partial charge on any atom is 0.122 e. The van der Waals surface area contributed by atoms with E-state index in [0.29, 0.717) is 0 Å². The van der Waals surface area contributed by atoms with Crippen molar-refractivity contribution in [2.24, 2.45) is 11.7 Å². The average molecular weight is 290 g/mol. The summed E-state index contributed by atoms with van der Waals surface area (Å²) in [5, 5.41) is 0.752. The zero-order chi connectivity index (χ0) is 12.3. The van der Waals surface area contributed by atoms with Gasteiger partial charge >= 0.3 is 0 Å². The van der Waals surface area contributed by atoms with Gasteiger partial charge in [-0.1, -0.05) is 18.5 Å². The van der Waals surface area contributed by atoms with Crippen molar-refractivity contribution < 1.29 is 4.74 Å². The fourth-order valence-corrected chi connectivity index (χ4v) is 1.96. The fourth-order valence-electron chi connectivity index (χ4n) is 1.77. The summed E-state index contributed by atoms with van der Waals surface area (Å²) in [6, 6.07) is 5.99.